The highest BCUT2D eigenvalue weighted by atomic mass is 32.2. The van der Waals surface area contributed by atoms with Gasteiger partial charge in [0.05, 0.1) is 11.5 Å². The van der Waals surface area contributed by atoms with Gasteiger partial charge in [0.15, 0.2) is 15.8 Å². The predicted octanol–water partition coefficient (Wildman–Crippen LogP) is 0.156. The van der Waals surface area contributed by atoms with E-state index in [0.29, 0.717) is 12.4 Å². The lowest BCUT2D eigenvalue weighted by Crippen LogP contribution is -2.50. The van der Waals surface area contributed by atoms with E-state index in [0.717, 1.165) is 45.8 Å². The molecule has 1 aromatic rings. The fraction of sp³-hybridized carbons (Fsp3) is 0.632. The lowest BCUT2D eigenvalue weighted by molar-refractivity contribution is 0.129. The first-order valence-electron chi connectivity index (χ1n) is 9.70. The first-order chi connectivity index (χ1) is 13.0. The number of hydrogen-bond donors (Lipinski definition) is 2. The molecule has 0 saturated carbocycles. The maximum absolute atomic E-state index is 11.6. The van der Waals surface area contributed by atoms with Crippen LogP contribution in [0.2, 0.25) is 0 Å². The Hall–Kier alpha value is -1.64. The maximum atomic E-state index is 11.6. The fourth-order valence-corrected chi connectivity index (χ4v) is 5.32. The van der Waals surface area contributed by atoms with Crippen molar-refractivity contribution in [2.75, 3.05) is 57.8 Å². The van der Waals surface area contributed by atoms with Gasteiger partial charge in [-0.2, -0.15) is 0 Å². The van der Waals surface area contributed by atoms with Crippen LogP contribution in [-0.4, -0.2) is 88.0 Å². The first kappa shape index (κ1) is 20.1. The molecule has 0 bridgehead atoms. The number of nitrogens with zero attached hydrogens (tertiary/aromatic N) is 3. The lowest BCUT2D eigenvalue weighted by atomic mass is 10.2. The van der Waals surface area contributed by atoms with Crippen molar-refractivity contribution in [1.29, 1.82) is 0 Å². The second-order valence-electron chi connectivity index (χ2n) is 7.35. The van der Waals surface area contributed by atoms with Gasteiger partial charge in [0.1, 0.15) is 0 Å². The zero-order valence-corrected chi connectivity index (χ0v) is 16.9. The van der Waals surface area contributed by atoms with Gasteiger partial charge in [0.25, 0.3) is 0 Å². The Labute approximate surface area is 162 Å². The third-order valence-electron chi connectivity index (χ3n) is 5.23. The minimum atomic E-state index is -2.87. The highest BCUT2D eigenvalue weighted by Crippen LogP contribution is 2.11. The fourth-order valence-electron chi connectivity index (χ4n) is 3.64. The Kier molecular flexibility index (Phi) is 7.09. The second-order valence-corrected chi connectivity index (χ2v) is 9.58. The van der Waals surface area contributed by atoms with Gasteiger partial charge in [0.2, 0.25) is 0 Å². The summed E-state index contributed by atoms with van der Waals surface area (Å²) in [5, 5.41) is 6.54. The normalized spacial score (nSPS) is 24.0. The molecule has 2 N–H and O–H groups in total. The molecule has 0 aliphatic carbocycles. The average molecular weight is 394 g/mol. The van der Waals surface area contributed by atoms with Gasteiger partial charge >= 0.3 is 0 Å². The Balaban J connectivity index is 1.32. The summed E-state index contributed by atoms with van der Waals surface area (Å²) >= 11 is 0. The van der Waals surface area contributed by atoms with Crippen LogP contribution in [0.3, 0.4) is 0 Å². The summed E-state index contributed by atoms with van der Waals surface area (Å²) in [5.74, 6) is 1.17. The first-order valence-corrected chi connectivity index (χ1v) is 11.5. The number of rotatable bonds is 6. The summed E-state index contributed by atoms with van der Waals surface area (Å²) in [6.45, 7) is 7.10. The highest BCUT2D eigenvalue weighted by Gasteiger charge is 2.28. The van der Waals surface area contributed by atoms with Crippen molar-refractivity contribution < 1.29 is 8.42 Å². The van der Waals surface area contributed by atoms with Crippen molar-refractivity contribution in [3.63, 3.8) is 0 Å². The van der Waals surface area contributed by atoms with E-state index in [1.807, 2.05) is 0 Å². The average Bonchev–Trinajstić information content (AvgIpc) is 3.01. The van der Waals surface area contributed by atoms with Crippen LogP contribution >= 0.6 is 0 Å². The Morgan fingerprint density at radius 2 is 1.85 bits per heavy atom. The van der Waals surface area contributed by atoms with Crippen LogP contribution in [0.25, 0.3) is 0 Å². The van der Waals surface area contributed by atoms with Crippen molar-refractivity contribution in [1.82, 2.24) is 20.4 Å². The van der Waals surface area contributed by atoms with E-state index in [1.54, 1.807) is 7.05 Å². The molecule has 0 amide bonds. The molecule has 1 unspecified atom stereocenters. The van der Waals surface area contributed by atoms with Crippen LogP contribution in [0.15, 0.2) is 35.3 Å². The van der Waals surface area contributed by atoms with E-state index in [2.05, 4.69) is 55.8 Å². The smallest absolute Gasteiger partial charge is 0.191 e. The standard InChI is InChI=1S/C19H31N5O2S/c1-20-19(22-18-7-14-27(25,26)16-18)21-8-9-23-10-12-24(13-11-23)15-17-5-3-2-4-6-17/h2-6,18H,7-16H2,1H3,(H2,20,21,22). The van der Waals surface area contributed by atoms with Crippen LogP contribution in [0.4, 0.5) is 0 Å². The molecule has 0 spiro atoms. The monoisotopic (exact) mass is 393 g/mol. The molecule has 7 nitrogen and oxygen atoms in total. The zero-order chi connectivity index (χ0) is 19.1. The quantitative estimate of drug-likeness (QED) is 0.530. The van der Waals surface area contributed by atoms with Gasteiger partial charge in [-0.25, -0.2) is 8.42 Å². The van der Waals surface area contributed by atoms with Crippen LogP contribution < -0.4 is 10.6 Å². The maximum Gasteiger partial charge on any atom is 0.191 e. The SMILES string of the molecule is CN=C(NCCN1CCN(Cc2ccccc2)CC1)NC1CCS(=O)(=O)C1. The van der Waals surface area contributed by atoms with Gasteiger partial charge in [-0.3, -0.25) is 14.8 Å². The molecule has 0 aromatic heterocycles. The van der Waals surface area contributed by atoms with Crippen LogP contribution in [0.1, 0.15) is 12.0 Å². The predicted molar refractivity (Wildman–Crippen MR) is 110 cm³/mol. The highest BCUT2D eigenvalue weighted by molar-refractivity contribution is 7.91. The third-order valence-corrected chi connectivity index (χ3v) is 7.00. The van der Waals surface area contributed by atoms with Gasteiger partial charge in [0, 0.05) is 58.9 Å². The van der Waals surface area contributed by atoms with Crippen LogP contribution in [0.5, 0.6) is 0 Å². The van der Waals surface area contributed by atoms with E-state index in [1.165, 1.54) is 5.56 Å². The second kappa shape index (κ2) is 9.52. The van der Waals surface area contributed by atoms with Crippen molar-refractivity contribution in [3.05, 3.63) is 35.9 Å². The molecule has 27 heavy (non-hydrogen) atoms. The van der Waals surface area contributed by atoms with Crippen LogP contribution in [-0.2, 0) is 16.4 Å². The molecule has 1 atom stereocenters. The Morgan fingerprint density at radius 3 is 2.48 bits per heavy atom. The summed E-state index contributed by atoms with van der Waals surface area (Å²) in [4.78, 5) is 9.17. The summed E-state index contributed by atoms with van der Waals surface area (Å²) in [7, 11) is -1.15. The molecule has 3 rings (SSSR count). The minimum Gasteiger partial charge on any atom is -0.355 e. The number of benzene rings is 1. The Morgan fingerprint density at radius 1 is 1.15 bits per heavy atom. The van der Waals surface area contributed by atoms with Gasteiger partial charge in [-0.15, -0.1) is 0 Å². The van der Waals surface area contributed by atoms with Crippen molar-refractivity contribution in [2.24, 2.45) is 4.99 Å². The molecule has 2 aliphatic rings. The number of nitrogens with one attached hydrogen (secondary N) is 2. The zero-order valence-electron chi connectivity index (χ0n) is 16.1. The summed E-state index contributed by atoms with van der Waals surface area (Å²) in [5.41, 5.74) is 1.37. The molecule has 150 valence electrons. The third kappa shape index (κ3) is 6.48. The molecule has 2 aliphatic heterocycles. The van der Waals surface area contributed by atoms with E-state index in [4.69, 9.17) is 0 Å². The van der Waals surface area contributed by atoms with Crippen LogP contribution in [0, 0.1) is 0 Å². The van der Waals surface area contributed by atoms with E-state index in [-0.39, 0.29) is 17.5 Å². The molecule has 2 saturated heterocycles. The van der Waals surface area contributed by atoms with Gasteiger partial charge in [-0.1, -0.05) is 30.3 Å². The van der Waals surface area contributed by atoms with Gasteiger partial charge in [-0.05, 0) is 12.0 Å². The molecule has 2 heterocycles. The molecule has 1 aromatic carbocycles. The van der Waals surface area contributed by atoms with Gasteiger partial charge < -0.3 is 10.6 Å². The molecule has 2 fully saturated rings. The molecule has 8 heteroatoms. The van der Waals surface area contributed by atoms with E-state index in [9.17, 15) is 8.42 Å². The van der Waals surface area contributed by atoms with E-state index < -0.39 is 9.84 Å². The van der Waals surface area contributed by atoms with E-state index >= 15 is 0 Å². The summed E-state index contributed by atoms with van der Waals surface area (Å²) in [6.07, 6.45) is 0.659. The van der Waals surface area contributed by atoms with Crippen molar-refractivity contribution >= 4 is 15.8 Å². The summed E-state index contributed by atoms with van der Waals surface area (Å²) < 4.78 is 23.1. The number of aliphatic imine (C=N–C) groups is 1. The number of sulfone groups is 1. The number of hydrogen-bond acceptors (Lipinski definition) is 5. The Bertz CT molecular complexity index is 715. The molecular formula is C19H31N5O2S. The molecular weight excluding hydrogens is 362 g/mol. The van der Waals surface area contributed by atoms with Crippen molar-refractivity contribution in [2.45, 2.75) is 19.0 Å². The van der Waals surface area contributed by atoms with Crippen molar-refractivity contribution in [3.8, 4) is 0 Å². The number of piperazine rings is 1. The molecule has 0 radical (unpaired) electrons. The largest absolute Gasteiger partial charge is 0.355 e. The lowest BCUT2D eigenvalue weighted by Gasteiger charge is -2.34. The minimum absolute atomic E-state index is 0.0252. The number of guanidine groups is 1. The topological polar surface area (TPSA) is 77.0 Å². The summed E-state index contributed by atoms with van der Waals surface area (Å²) in [6, 6.07) is 10.6.